The molecular formula is C44H57N9O8. The van der Waals surface area contributed by atoms with Crippen molar-refractivity contribution in [3.05, 3.63) is 77.9 Å². The fraction of sp³-hybridized carbons (Fsp3) is 0.523. The van der Waals surface area contributed by atoms with E-state index in [2.05, 4.69) is 30.9 Å². The summed E-state index contributed by atoms with van der Waals surface area (Å²) >= 11 is 0. The number of aromatic amines is 1. The first kappa shape index (κ1) is 44.6. The zero-order chi connectivity index (χ0) is 43.5. The number of aromatic nitrogens is 5. The second-order valence-corrected chi connectivity index (χ2v) is 16.8. The van der Waals surface area contributed by atoms with Gasteiger partial charge in [0.2, 0.25) is 17.6 Å². The molecule has 2 aliphatic rings. The third kappa shape index (κ3) is 11.9. The van der Waals surface area contributed by atoms with Crippen LogP contribution in [0.15, 0.2) is 61.1 Å². The number of likely N-dealkylation sites (tertiary alicyclic amines) is 1. The SMILES string of the molecule is CC(C)(O)c1cnnn1[C@H]1C[C@@H](C(=O)NC(CCCCNC(=O)OCc2ccccc2)C(=O)C(N)=O)N(C(=O)[C@H](CCC(=O)c2ccc3nc[nH]c3c2)CC2CCCCC2)C1. The number of primary amides is 1. The standard InChI is InChI=1S/C44H57N9O8/c1-44(2,60)38-24-49-51-53(38)32-23-36(41(57)50-34(39(55)40(45)56)15-9-10-20-46-43(59)61-26-29-13-7-4-8-14-29)52(25-32)42(58)31(21-28-11-5-3-6-12-28)17-19-37(54)30-16-18-33-35(22-30)48-27-47-33/h4,7-8,13-14,16,18,22,24,27-28,31-32,34,36,60H,3,5-6,9-12,15,17,19-21,23,25-26H2,1-2H3,(H2,45,56)(H,46,59)(H,47,48)(H,50,57)/t31-,32+,34?,36+/m1/s1. The number of ketones is 2. The summed E-state index contributed by atoms with van der Waals surface area (Å²) in [6.45, 7) is 3.56. The van der Waals surface area contributed by atoms with Crippen molar-refractivity contribution in [2.75, 3.05) is 13.1 Å². The van der Waals surface area contributed by atoms with E-state index in [9.17, 15) is 33.9 Å². The summed E-state index contributed by atoms with van der Waals surface area (Å²) in [7, 11) is 0. The molecule has 17 heteroatoms. The molecule has 1 saturated carbocycles. The van der Waals surface area contributed by atoms with E-state index in [1.54, 1.807) is 38.4 Å². The van der Waals surface area contributed by atoms with Crippen molar-refractivity contribution in [1.82, 2.24) is 40.5 Å². The summed E-state index contributed by atoms with van der Waals surface area (Å²) in [5.41, 5.74) is 7.31. The Kier molecular flexibility index (Phi) is 15.0. The molecule has 4 atom stereocenters. The maximum Gasteiger partial charge on any atom is 0.407 e. The van der Waals surface area contributed by atoms with E-state index in [0.717, 1.165) is 48.7 Å². The van der Waals surface area contributed by atoms with Crippen molar-refractivity contribution in [2.24, 2.45) is 17.6 Å². The normalized spacial score (nSPS) is 18.0. The number of fused-ring (bicyclic) bond motifs is 1. The van der Waals surface area contributed by atoms with Crippen molar-refractivity contribution in [3.63, 3.8) is 0 Å². The monoisotopic (exact) mass is 839 g/mol. The molecular weight excluding hydrogens is 783 g/mol. The minimum atomic E-state index is -1.34. The Hall–Kier alpha value is -5.97. The van der Waals surface area contributed by atoms with Gasteiger partial charge in [-0.05, 0) is 75.6 Å². The number of benzene rings is 2. The first-order valence-corrected chi connectivity index (χ1v) is 21.3. The van der Waals surface area contributed by atoms with Gasteiger partial charge in [0.05, 0.1) is 41.3 Å². The summed E-state index contributed by atoms with van der Waals surface area (Å²) < 4.78 is 6.78. The van der Waals surface area contributed by atoms with Gasteiger partial charge in [-0.1, -0.05) is 67.6 Å². The van der Waals surface area contributed by atoms with Gasteiger partial charge in [-0.3, -0.25) is 24.0 Å². The van der Waals surface area contributed by atoms with Gasteiger partial charge in [0.25, 0.3) is 5.91 Å². The quantitative estimate of drug-likeness (QED) is 0.0474. The Morgan fingerprint density at radius 2 is 1.79 bits per heavy atom. The van der Waals surface area contributed by atoms with Crippen LogP contribution >= 0.6 is 0 Å². The van der Waals surface area contributed by atoms with E-state index in [1.807, 2.05) is 30.3 Å². The Morgan fingerprint density at radius 1 is 1.02 bits per heavy atom. The lowest BCUT2D eigenvalue weighted by Gasteiger charge is -2.32. The smallest absolute Gasteiger partial charge is 0.407 e. The van der Waals surface area contributed by atoms with Crippen LogP contribution in [0.5, 0.6) is 0 Å². The molecule has 2 fully saturated rings. The number of ether oxygens (including phenoxy) is 1. The Labute approximate surface area is 354 Å². The number of Topliss-reactive ketones (excluding diaryl/α,β-unsaturated/α-hetero) is 2. The predicted molar refractivity (Wildman–Crippen MR) is 223 cm³/mol. The van der Waals surface area contributed by atoms with Crippen LogP contribution in [0.1, 0.15) is 119 Å². The molecule has 6 rings (SSSR count). The van der Waals surface area contributed by atoms with Crippen LogP contribution in [0.25, 0.3) is 11.0 Å². The summed E-state index contributed by atoms with van der Waals surface area (Å²) in [6.07, 6.45) is 9.36. The first-order chi connectivity index (χ1) is 29.3. The van der Waals surface area contributed by atoms with Crippen molar-refractivity contribution in [3.8, 4) is 0 Å². The van der Waals surface area contributed by atoms with E-state index in [1.165, 1.54) is 15.8 Å². The number of aliphatic hydroxyl groups is 1. The molecule has 2 aromatic heterocycles. The fourth-order valence-corrected chi connectivity index (χ4v) is 8.54. The number of imidazole rings is 1. The first-order valence-electron chi connectivity index (χ1n) is 21.3. The van der Waals surface area contributed by atoms with Crippen LogP contribution in [-0.2, 0) is 36.1 Å². The number of alkyl carbamates (subject to hydrolysis) is 1. The highest BCUT2D eigenvalue weighted by atomic mass is 16.5. The van der Waals surface area contributed by atoms with Crippen LogP contribution in [-0.4, -0.2) is 95.5 Å². The average Bonchev–Trinajstić information content (AvgIpc) is 4.04. The summed E-state index contributed by atoms with van der Waals surface area (Å²) in [4.78, 5) is 89.2. The van der Waals surface area contributed by atoms with Crippen LogP contribution in [0.3, 0.4) is 0 Å². The minimum Gasteiger partial charge on any atom is -0.445 e. The van der Waals surface area contributed by atoms with Crippen LogP contribution in [0.2, 0.25) is 0 Å². The molecule has 1 saturated heterocycles. The number of carbonyl (C=O) groups is 6. The summed E-state index contributed by atoms with van der Waals surface area (Å²) in [5, 5.41) is 24.6. The maximum absolute atomic E-state index is 14.9. The molecule has 17 nitrogen and oxygen atoms in total. The molecule has 3 heterocycles. The molecule has 61 heavy (non-hydrogen) atoms. The Morgan fingerprint density at radius 3 is 2.52 bits per heavy atom. The van der Waals surface area contributed by atoms with Crippen LogP contribution in [0.4, 0.5) is 4.79 Å². The van der Waals surface area contributed by atoms with Gasteiger partial charge in [-0.15, -0.1) is 5.10 Å². The van der Waals surface area contributed by atoms with Crippen LogP contribution in [0, 0.1) is 11.8 Å². The molecule has 6 N–H and O–H groups in total. The topological polar surface area (TPSA) is 245 Å². The number of rotatable bonds is 20. The number of nitrogens with one attached hydrogen (secondary N) is 3. The van der Waals surface area contributed by atoms with E-state index >= 15 is 0 Å². The van der Waals surface area contributed by atoms with Gasteiger partial charge >= 0.3 is 6.09 Å². The van der Waals surface area contributed by atoms with Crippen molar-refractivity contribution in [1.29, 1.82) is 0 Å². The Balaban J connectivity index is 1.17. The van der Waals surface area contributed by atoms with E-state index in [-0.39, 0.29) is 63.0 Å². The lowest BCUT2D eigenvalue weighted by Crippen LogP contribution is -2.53. The zero-order valence-electron chi connectivity index (χ0n) is 34.9. The van der Waals surface area contributed by atoms with Crippen molar-refractivity contribution in [2.45, 2.75) is 121 Å². The number of carbonyl (C=O) groups excluding carboxylic acids is 6. The third-order valence-corrected chi connectivity index (χ3v) is 11.8. The summed E-state index contributed by atoms with van der Waals surface area (Å²) in [6, 6.07) is 11.5. The van der Waals surface area contributed by atoms with Gasteiger partial charge < -0.3 is 36.1 Å². The molecule has 326 valence electrons. The lowest BCUT2D eigenvalue weighted by atomic mass is 9.80. The number of hydrogen-bond donors (Lipinski definition) is 5. The van der Waals surface area contributed by atoms with E-state index in [4.69, 9.17) is 10.5 Å². The average molecular weight is 840 g/mol. The van der Waals surface area contributed by atoms with Gasteiger partial charge in [0, 0.05) is 37.4 Å². The molecule has 1 aliphatic heterocycles. The Bertz CT molecular complexity index is 2160. The minimum absolute atomic E-state index is 0.0427. The molecule has 1 unspecified atom stereocenters. The van der Waals surface area contributed by atoms with E-state index in [0.29, 0.717) is 30.5 Å². The number of nitrogens with two attached hydrogens (primary N) is 1. The second kappa shape index (κ2) is 20.5. The van der Waals surface area contributed by atoms with Crippen molar-refractivity contribution >= 4 is 46.4 Å². The van der Waals surface area contributed by atoms with Gasteiger partial charge in [0.15, 0.2) is 5.78 Å². The highest BCUT2D eigenvalue weighted by Crippen LogP contribution is 2.36. The molecule has 4 amide bonds. The summed E-state index contributed by atoms with van der Waals surface area (Å²) in [5.74, 6) is -3.57. The van der Waals surface area contributed by atoms with Gasteiger partial charge in [-0.25, -0.2) is 14.5 Å². The zero-order valence-corrected chi connectivity index (χ0v) is 34.9. The molecule has 0 radical (unpaired) electrons. The highest BCUT2D eigenvalue weighted by molar-refractivity contribution is 6.37. The largest absolute Gasteiger partial charge is 0.445 e. The predicted octanol–water partition coefficient (Wildman–Crippen LogP) is 4.41. The van der Waals surface area contributed by atoms with Crippen molar-refractivity contribution < 1.29 is 38.6 Å². The fourth-order valence-electron chi connectivity index (χ4n) is 8.54. The molecule has 4 aromatic rings. The second-order valence-electron chi connectivity index (χ2n) is 16.8. The number of nitrogens with zero attached hydrogens (tertiary/aromatic N) is 5. The number of unbranched alkanes of at least 4 members (excludes halogenated alkanes) is 1. The van der Waals surface area contributed by atoms with Gasteiger partial charge in [-0.2, -0.15) is 0 Å². The molecule has 2 aromatic carbocycles. The third-order valence-electron chi connectivity index (χ3n) is 11.8. The number of amides is 4. The molecule has 0 spiro atoms. The number of hydrogen-bond acceptors (Lipinski definition) is 11. The molecule has 0 bridgehead atoms. The number of H-pyrrole nitrogens is 1. The highest BCUT2D eigenvalue weighted by Gasteiger charge is 2.45. The molecule has 1 aliphatic carbocycles. The van der Waals surface area contributed by atoms with Gasteiger partial charge in [0.1, 0.15) is 18.2 Å². The van der Waals surface area contributed by atoms with Crippen LogP contribution < -0.4 is 16.4 Å². The van der Waals surface area contributed by atoms with E-state index < -0.39 is 53.3 Å². The maximum atomic E-state index is 14.9. The lowest BCUT2D eigenvalue weighted by molar-refractivity contribution is -0.143.